The fraction of sp³-hybridized carbons (Fsp3) is 0.769. The monoisotopic (exact) mass is 264 g/mol. The molecular formula is C13H20N4O2. The van der Waals surface area contributed by atoms with Gasteiger partial charge >= 0.3 is 5.97 Å². The summed E-state index contributed by atoms with van der Waals surface area (Å²) < 4.78 is 6.76. The van der Waals surface area contributed by atoms with Gasteiger partial charge in [0.2, 0.25) is 0 Å². The second-order valence-electron chi connectivity index (χ2n) is 5.55. The van der Waals surface area contributed by atoms with E-state index in [4.69, 9.17) is 4.74 Å². The summed E-state index contributed by atoms with van der Waals surface area (Å²) in [5.74, 6) is 1.89. The van der Waals surface area contributed by atoms with Crippen LogP contribution in [-0.2, 0) is 23.1 Å². The van der Waals surface area contributed by atoms with Crippen LogP contribution in [0, 0.1) is 11.8 Å². The summed E-state index contributed by atoms with van der Waals surface area (Å²) in [6, 6.07) is -0.103. The smallest absolute Gasteiger partial charge is 0.323 e. The van der Waals surface area contributed by atoms with Gasteiger partial charge in [0.25, 0.3) is 0 Å². The third-order valence-corrected chi connectivity index (χ3v) is 4.58. The lowest BCUT2D eigenvalue weighted by molar-refractivity contribution is -0.147. The Morgan fingerprint density at radius 1 is 1.53 bits per heavy atom. The molecule has 2 fully saturated rings. The quantitative estimate of drug-likeness (QED) is 0.748. The lowest BCUT2D eigenvalue weighted by atomic mass is 9.94. The van der Waals surface area contributed by atoms with Gasteiger partial charge in [-0.15, -0.1) is 0 Å². The van der Waals surface area contributed by atoms with Crippen molar-refractivity contribution in [1.29, 1.82) is 0 Å². The van der Waals surface area contributed by atoms with Crippen molar-refractivity contribution in [3.8, 4) is 0 Å². The summed E-state index contributed by atoms with van der Waals surface area (Å²) >= 11 is 0. The summed E-state index contributed by atoms with van der Waals surface area (Å²) in [5.41, 5.74) is 0. The van der Waals surface area contributed by atoms with Crippen molar-refractivity contribution in [2.45, 2.75) is 31.8 Å². The van der Waals surface area contributed by atoms with Gasteiger partial charge in [-0.1, -0.05) is 6.42 Å². The van der Waals surface area contributed by atoms with Crippen LogP contribution < -0.4 is 0 Å². The number of ether oxygens (including phenoxy) is 1. The molecule has 6 heteroatoms. The number of methoxy groups -OCH3 is 1. The molecule has 0 spiro atoms. The van der Waals surface area contributed by atoms with Gasteiger partial charge in [-0.2, -0.15) is 5.10 Å². The molecule has 1 saturated heterocycles. The van der Waals surface area contributed by atoms with Gasteiger partial charge in [-0.25, -0.2) is 4.98 Å². The van der Waals surface area contributed by atoms with Crippen LogP contribution in [0.25, 0.3) is 0 Å². The molecule has 0 aromatic carbocycles. The molecule has 1 aliphatic carbocycles. The minimum absolute atomic E-state index is 0.100. The standard InChI is InChI=1S/C13H20N4O2/c1-16-11(14-8-15-16)7-17-6-9-4-3-5-10(9)12(17)13(18)19-2/h8-10,12H,3-7H2,1-2H3/t9-,10-,12-/m0/s1. The number of carbonyl (C=O) groups is 1. The van der Waals surface area contributed by atoms with Crippen LogP contribution in [0.1, 0.15) is 25.1 Å². The minimum Gasteiger partial charge on any atom is -0.468 e. The van der Waals surface area contributed by atoms with Crippen molar-refractivity contribution in [2.75, 3.05) is 13.7 Å². The van der Waals surface area contributed by atoms with Crippen LogP contribution in [0.2, 0.25) is 0 Å². The van der Waals surface area contributed by atoms with Gasteiger partial charge in [0, 0.05) is 13.6 Å². The van der Waals surface area contributed by atoms with Crippen molar-refractivity contribution in [1.82, 2.24) is 19.7 Å². The number of carbonyl (C=O) groups excluding carboxylic acids is 1. The molecule has 2 aliphatic rings. The highest BCUT2D eigenvalue weighted by Gasteiger charge is 2.48. The van der Waals surface area contributed by atoms with Crippen LogP contribution in [0.5, 0.6) is 0 Å². The highest BCUT2D eigenvalue weighted by atomic mass is 16.5. The maximum absolute atomic E-state index is 12.1. The minimum atomic E-state index is -0.103. The predicted octanol–water partition coefficient (Wildman–Crippen LogP) is 0.589. The Morgan fingerprint density at radius 2 is 2.37 bits per heavy atom. The first kappa shape index (κ1) is 12.6. The predicted molar refractivity (Wildman–Crippen MR) is 68.0 cm³/mol. The van der Waals surface area contributed by atoms with Crippen LogP contribution in [0.4, 0.5) is 0 Å². The van der Waals surface area contributed by atoms with Gasteiger partial charge in [0.15, 0.2) is 0 Å². The molecule has 1 aromatic heterocycles. The summed E-state index contributed by atoms with van der Waals surface area (Å²) in [6.07, 6.45) is 5.16. The normalized spacial score (nSPS) is 30.5. The van der Waals surface area contributed by atoms with Crippen molar-refractivity contribution >= 4 is 5.97 Å². The first-order chi connectivity index (χ1) is 9.20. The van der Waals surface area contributed by atoms with E-state index in [2.05, 4.69) is 15.0 Å². The molecule has 1 aromatic rings. The maximum atomic E-state index is 12.1. The summed E-state index contributed by atoms with van der Waals surface area (Å²) in [5, 5.41) is 4.08. The Balaban J connectivity index is 1.80. The van der Waals surface area contributed by atoms with Crippen molar-refractivity contribution in [3.05, 3.63) is 12.2 Å². The summed E-state index contributed by atoms with van der Waals surface area (Å²) in [4.78, 5) is 18.5. The molecule has 0 bridgehead atoms. The summed E-state index contributed by atoms with van der Waals surface area (Å²) in [6.45, 7) is 1.64. The molecule has 0 radical (unpaired) electrons. The molecule has 104 valence electrons. The van der Waals surface area contributed by atoms with Gasteiger partial charge in [-0.05, 0) is 24.7 Å². The van der Waals surface area contributed by atoms with E-state index in [-0.39, 0.29) is 12.0 Å². The molecule has 0 unspecified atom stereocenters. The van der Waals surface area contributed by atoms with Crippen molar-refractivity contribution in [3.63, 3.8) is 0 Å². The number of esters is 1. The molecule has 3 atom stereocenters. The molecule has 0 N–H and O–H groups in total. The van der Waals surface area contributed by atoms with E-state index in [0.717, 1.165) is 18.8 Å². The number of nitrogens with zero attached hydrogens (tertiary/aromatic N) is 4. The Hall–Kier alpha value is -1.43. The number of fused-ring (bicyclic) bond motifs is 1. The number of rotatable bonds is 3. The number of aryl methyl sites for hydroxylation is 1. The molecule has 2 heterocycles. The second-order valence-corrected chi connectivity index (χ2v) is 5.55. The van der Waals surface area contributed by atoms with Crippen molar-refractivity contribution in [2.24, 2.45) is 18.9 Å². The molecule has 19 heavy (non-hydrogen) atoms. The van der Waals surface area contributed by atoms with Gasteiger partial charge in [-0.3, -0.25) is 14.4 Å². The zero-order valence-corrected chi connectivity index (χ0v) is 11.5. The third-order valence-electron chi connectivity index (χ3n) is 4.58. The molecule has 3 rings (SSSR count). The molecular weight excluding hydrogens is 244 g/mol. The number of aromatic nitrogens is 3. The Morgan fingerprint density at radius 3 is 3.05 bits per heavy atom. The molecule has 1 saturated carbocycles. The fourth-order valence-corrected chi connectivity index (χ4v) is 3.65. The van der Waals surface area contributed by atoms with E-state index in [0.29, 0.717) is 18.4 Å². The van der Waals surface area contributed by atoms with Gasteiger partial charge in [0.1, 0.15) is 18.2 Å². The third kappa shape index (κ3) is 2.14. The van der Waals surface area contributed by atoms with E-state index in [1.807, 2.05) is 7.05 Å². The van der Waals surface area contributed by atoms with E-state index in [1.165, 1.54) is 20.0 Å². The first-order valence-electron chi connectivity index (χ1n) is 6.85. The van der Waals surface area contributed by atoms with Crippen LogP contribution in [0.15, 0.2) is 6.33 Å². The number of hydrogen-bond donors (Lipinski definition) is 0. The molecule has 1 aliphatic heterocycles. The van der Waals surface area contributed by atoms with Gasteiger partial charge < -0.3 is 4.74 Å². The Kier molecular flexibility index (Phi) is 3.26. The highest BCUT2D eigenvalue weighted by molar-refractivity contribution is 5.76. The first-order valence-corrected chi connectivity index (χ1v) is 6.85. The average molecular weight is 264 g/mol. The van der Waals surface area contributed by atoms with Crippen LogP contribution in [-0.4, -0.2) is 45.3 Å². The summed E-state index contributed by atoms with van der Waals surface area (Å²) in [7, 11) is 3.36. The lowest BCUT2D eigenvalue weighted by Crippen LogP contribution is -2.40. The SMILES string of the molecule is COC(=O)[C@@H]1[C@H]2CCC[C@H]2CN1Cc1ncnn1C. The van der Waals surface area contributed by atoms with E-state index >= 15 is 0 Å². The Labute approximate surface area is 112 Å². The maximum Gasteiger partial charge on any atom is 0.323 e. The highest BCUT2D eigenvalue weighted by Crippen LogP contribution is 2.42. The van der Waals surface area contributed by atoms with E-state index in [9.17, 15) is 4.79 Å². The Bertz CT molecular complexity index is 473. The molecule has 6 nitrogen and oxygen atoms in total. The van der Waals surface area contributed by atoms with E-state index < -0.39 is 0 Å². The van der Waals surface area contributed by atoms with E-state index in [1.54, 1.807) is 11.0 Å². The zero-order valence-electron chi connectivity index (χ0n) is 11.5. The molecule has 0 amide bonds. The lowest BCUT2D eigenvalue weighted by Gasteiger charge is -2.24. The topological polar surface area (TPSA) is 60.2 Å². The van der Waals surface area contributed by atoms with Gasteiger partial charge in [0.05, 0.1) is 13.7 Å². The van der Waals surface area contributed by atoms with Crippen molar-refractivity contribution < 1.29 is 9.53 Å². The zero-order chi connectivity index (χ0) is 13.4. The fourth-order valence-electron chi connectivity index (χ4n) is 3.65. The largest absolute Gasteiger partial charge is 0.468 e. The number of likely N-dealkylation sites (tertiary alicyclic amines) is 1. The second kappa shape index (κ2) is 4.92. The van der Waals surface area contributed by atoms with Crippen LogP contribution in [0.3, 0.4) is 0 Å². The average Bonchev–Trinajstić information content (AvgIpc) is 3.06. The number of hydrogen-bond acceptors (Lipinski definition) is 5. The van der Waals surface area contributed by atoms with Crippen LogP contribution >= 0.6 is 0 Å².